The van der Waals surface area contributed by atoms with Crippen LogP contribution in [0.2, 0.25) is 0 Å². The highest BCUT2D eigenvalue weighted by molar-refractivity contribution is 9.70. The molecule has 0 amide bonds. The largest absolute Gasteiger partial charge is 0.508 e. The molecule has 0 aliphatic rings. The fraction of sp³-hybridized carbons (Fsp3) is 0.105. The van der Waals surface area contributed by atoms with Crippen molar-refractivity contribution < 1.29 is 24.4 Å². The van der Waals surface area contributed by atoms with Gasteiger partial charge in [-0.15, -0.1) is 94.5 Å². The summed E-state index contributed by atoms with van der Waals surface area (Å²) >= 11 is 24.3. The lowest BCUT2D eigenvalue weighted by Gasteiger charge is -1.97. The van der Waals surface area contributed by atoms with E-state index in [4.69, 9.17) is 48.0 Å². The van der Waals surface area contributed by atoms with Crippen LogP contribution >= 0.6 is 140 Å². The Kier molecular flexibility index (Phi) is 26.0. The van der Waals surface area contributed by atoms with Gasteiger partial charge in [0.1, 0.15) is 28.7 Å². The fourth-order valence-electron chi connectivity index (χ4n) is 4.68. The number of phenols is 2. The van der Waals surface area contributed by atoms with Crippen LogP contribution in [-0.2, 0) is 0 Å². The number of phenolic OH excluding ortho intramolecular Hbond substituents is 2. The number of hydrogen-bond acceptors (Lipinski definition) is 18. The minimum atomic E-state index is 0. The van der Waals surface area contributed by atoms with Gasteiger partial charge in [-0.2, -0.15) is 0 Å². The number of methoxy groups -OCH3 is 3. The zero-order chi connectivity index (χ0) is 46.6. The van der Waals surface area contributed by atoms with Crippen LogP contribution in [0.1, 0.15) is 7.43 Å². The van der Waals surface area contributed by atoms with E-state index in [0.29, 0.717) is 20.5 Å². The molecule has 0 aliphatic carbocycles. The normalized spacial score (nSPS) is 9.64. The third-order valence-electron chi connectivity index (χ3n) is 7.12. The van der Waals surface area contributed by atoms with E-state index in [1.807, 2.05) is 60.7 Å². The van der Waals surface area contributed by atoms with Crippen LogP contribution in [0.15, 0.2) is 97.1 Å². The molecule has 0 spiro atoms. The maximum atomic E-state index is 9.30. The van der Waals surface area contributed by atoms with Gasteiger partial charge in [0.25, 0.3) is 0 Å². The van der Waals surface area contributed by atoms with Gasteiger partial charge in [-0.25, -0.2) is 19.9 Å². The van der Waals surface area contributed by atoms with Gasteiger partial charge in [0, 0.05) is 23.9 Å². The lowest BCUT2D eigenvalue weighted by atomic mass is 10.3. The first kappa shape index (κ1) is 56.8. The van der Waals surface area contributed by atoms with Gasteiger partial charge in [0.2, 0.25) is 0 Å². The molecule has 14 nitrogen and oxygen atoms in total. The molecule has 9 rings (SSSR count). The predicted molar refractivity (Wildman–Crippen MR) is 302 cm³/mol. The number of benzene rings is 5. The molecule has 0 aliphatic heterocycles. The summed E-state index contributed by atoms with van der Waals surface area (Å²) < 4.78 is 19.5. The van der Waals surface area contributed by atoms with E-state index >= 15 is 0 Å². The third kappa shape index (κ3) is 20.0. The van der Waals surface area contributed by atoms with Crippen LogP contribution in [0, 0.1) is 0 Å². The summed E-state index contributed by atoms with van der Waals surface area (Å²) in [6.07, 6.45) is 0. The Bertz CT molecular complexity index is 2770. The summed E-state index contributed by atoms with van der Waals surface area (Å²) in [5, 5.41) is 20.6. The minimum absolute atomic E-state index is 0. The maximum Gasteiger partial charge on any atom is 0.369 e. The second-order valence-corrected chi connectivity index (χ2v) is 28.5. The summed E-state index contributed by atoms with van der Waals surface area (Å²) in [5.41, 5.74) is 31.5. The van der Waals surface area contributed by atoms with Crippen LogP contribution in [0.3, 0.4) is 0 Å². The second-order valence-electron chi connectivity index (χ2n) is 11.4. The number of nitrogens with zero attached hydrogens (tertiary/aromatic N) is 4. The molecule has 0 atom stereocenters. The van der Waals surface area contributed by atoms with Gasteiger partial charge >= 0.3 is 6.37 Å². The van der Waals surface area contributed by atoms with Gasteiger partial charge in [-0.05, 0) is 60.7 Å². The zero-order valence-corrected chi connectivity index (χ0v) is 45.9. The number of nitrogens with two attached hydrogens (primary N) is 5. The smallest absolute Gasteiger partial charge is 0.369 e. The van der Waals surface area contributed by atoms with E-state index in [9.17, 15) is 5.11 Å². The fourth-order valence-corrected chi connectivity index (χ4v) is 7.68. The first-order valence-corrected chi connectivity index (χ1v) is 26.0. The van der Waals surface area contributed by atoms with Crippen molar-refractivity contribution in [2.45, 2.75) is 7.43 Å². The monoisotopic (exact) mass is 1330 g/mol. The second kappa shape index (κ2) is 29.3. The molecule has 12 N–H and O–H groups in total. The van der Waals surface area contributed by atoms with Gasteiger partial charge in [-0.1, -0.05) is 71.0 Å². The molecule has 9 aromatic rings. The average molecular weight is 1330 g/mol. The molecule has 340 valence electrons. The SMILES string of the molecule is BrB(Br)Br.BrB(Br)Br.C.COc1ccc2sc(N)nc2c1.COc1cccc(N)c1.COc1cccc2nc(N)sc12.Nc1nc2cc(O)ccc2s1.Nc1nc2cccc(O)c2s1. The zero-order valence-electron chi connectivity index (χ0n) is 33.1. The number of aromatic hydroxyl groups is 2. The number of aromatic nitrogens is 4. The molecule has 64 heavy (non-hydrogen) atoms. The molecule has 5 aromatic carbocycles. The van der Waals surface area contributed by atoms with Crippen molar-refractivity contribution in [2.75, 3.05) is 50.0 Å². The number of nitrogen functional groups attached to an aromatic ring is 5. The third-order valence-corrected chi connectivity index (χ3v) is 10.7. The Morgan fingerprint density at radius 3 is 1.42 bits per heavy atom. The van der Waals surface area contributed by atoms with Gasteiger partial charge in [0.15, 0.2) is 20.5 Å². The van der Waals surface area contributed by atoms with E-state index in [0.717, 1.165) is 63.8 Å². The van der Waals surface area contributed by atoms with E-state index in [-0.39, 0.29) is 25.3 Å². The molecular formula is C38H41B2Br6N9O5S4. The standard InChI is InChI=1S/2C8H8N2OS.2C7H6N2OS.C7H9NO.CH4.2BBr3/c1-11-5-2-3-7-6(4-5)10-8(9)12-7;1-11-6-4-2-3-5-7(6)12-8(9)10-5;8-7-9-5-3-4(10)1-2-6(5)11-7;8-7-9-4-2-1-3-5(10)6(4)11-7;1-9-7-4-2-3-6(8)5-7;;2*2-1(3)4/h2*2-4H,1H3,(H2,9,10);2*1-3,10H,(H2,8,9);2-5H,8H2,1H3;1H4;;. The molecule has 0 saturated heterocycles. The molecule has 26 heteroatoms. The van der Waals surface area contributed by atoms with Gasteiger partial charge in [0.05, 0.1) is 62.2 Å². The van der Waals surface area contributed by atoms with Gasteiger partial charge < -0.3 is 53.1 Å². The van der Waals surface area contributed by atoms with Crippen molar-refractivity contribution in [1.29, 1.82) is 0 Å². The molecular weight excluding hydrogens is 1290 g/mol. The molecule has 0 radical (unpaired) electrons. The van der Waals surface area contributed by atoms with Crippen LogP contribution in [0.5, 0.6) is 28.7 Å². The van der Waals surface area contributed by atoms with E-state index in [1.54, 1.807) is 57.7 Å². The van der Waals surface area contributed by atoms with Crippen LogP contribution in [0.4, 0.5) is 26.2 Å². The Morgan fingerprint density at radius 1 is 0.484 bits per heavy atom. The number of halogens is 6. The topological polar surface area (TPSA) is 250 Å². The lowest BCUT2D eigenvalue weighted by molar-refractivity contribution is 0.415. The first-order chi connectivity index (χ1) is 29.9. The number of rotatable bonds is 3. The number of fused-ring (bicyclic) bond motifs is 4. The summed E-state index contributed by atoms with van der Waals surface area (Å²) in [6.45, 7) is 0. The van der Waals surface area contributed by atoms with Crippen molar-refractivity contribution in [2.24, 2.45) is 0 Å². The van der Waals surface area contributed by atoms with Crippen molar-refractivity contribution in [3.05, 3.63) is 97.1 Å². The number of hydrogen-bond donors (Lipinski definition) is 7. The maximum absolute atomic E-state index is 9.30. The molecule has 4 heterocycles. The summed E-state index contributed by atoms with van der Waals surface area (Å²) in [6, 6.07) is 29.0. The first-order valence-electron chi connectivity index (χ1n) is 17.2. The van der Waals surface area contributed by atoms with E-state index in [2.05, 4.69) is 114 Å². The highest BCUT2D eigenvalue weighted by Crippen LogP contribution is 2.33. The quantitative estimate of drug-likeness (QED) is 0.0642. The molecule has 4 aromatic heterocycles. The van der Waals surface area contributed by atoms with Crippen molar-refractivity contribution >= 4 is 213 Å². The number of ether oxygens (including phenoxy) is 3. The predicted octanol–water partition coefficient (Wildman–Crippen LogP) is 13.2. The lowest BCUT2D eigenvalue weighted by Crippen LogP contribution is -1.86. The molecule has 0 unspecified atom stereocenters. The van der Waals surface area contributed by atoms with Crippen LogP contribution < -0.4 is 42.9 Å². The Labute approximate surface area is 436 Å². The Balaban J connectivity index is 0.000000264. The highest BCUT2D eigenvalue weighted by atomic mass is 80.0. The molecule has 0 saturated carbocycles. The summed E-state index contributed by atoms with van der Waals surface area (Å²) in [5.74, 6) is 2.92. The summed E-state index contributed by atoms with van der Waals surface area (Å²) in [7, 11) is 4.90. The Morgan fingerprint density at radius 2 is 0.922 bits per heavy atom. The van der Waals surface area contributed by atoms with Crippen molar-refractivity contribution in [3.8, 4) is 28.7 Å². The molecule has 0 fully saturated rings. The number of anilines is 5. The van der Waals surface area contributed by atoms with E-state index in [1.165, 1.54) is 45.3 Å². The average Bonchev–Trinajstić information content (AvgIpc) is 4.01. The van der Waals surface area contributed by atoms with Gasteiger partial charge in [-0.3, -0.25) is 0 Å². The Hall–Kier alpha value is -3.33. The van der Waals surface area contributed by atoms with Crippen molar-refractivity contribution in [3.63, 3.8) is 0 Å². The van der Waals surface area contributed by atoms with Crippen LogP contribution in [-0.4, -0.2) is 57.8 Å². The highest BCUT2D eigenvalue weighted by Gasteiger charge is 2.06. The minimum Gasteiger partial charge on any atom is -0.508 e. The summed E-state index contributed by atoms with van der Waals surface area (Å²) in [4.78, 5) is 16.3. The van der Waals surface area contributed by atoms with Crippen LogP contribution in [0.25, 0.3) is 40.9 Å². The van der Waals surface area contributed by atoms with E-state index < -0.39 is 0 Å². The van der Waals surface area contributed by atoms with Crippen molar-refractivity contribution in [1.82, 2.24) is 19.9 Å². The molecule has 0 bridgehead atoms. The number of thiazole rings is 4.